The maximum absolute atomic E-state index is 5.87. The standard InChI is InChI=1S/C22H29N3O4.C2H6/c1-6-16(3)12-17(7-2)25-22-18-13-20(28-10-8-26-4)21(29-11-9-27-5)14-19(18)23-15-24-22;1-2/h6-7,12-15H,2,8-11H2,1,3-5H3,(H,23,24,25);1-2H3/b16-6-,17-12+;. The Morgan fingerprint density at radius 1 is 1.00 bits per heavy atom. The summed E-state index contributed by atoms with van der Waals surface area (Å²) in [4.78, 5) is 8.78. The molecule has 0 amide bonds. The number of rotatable bonds is 12. The van der Waals surface area contributed by atoms with Crippen LogP contribution in [-0.4, -0.2) is 50.6 Å². The second kappa shape index (κ2) is 15.0. The molecule has 2 rings (SSSR count). The molecule has 0 saturated carbocycles. The maximum Gasteiger partial charge on any atom is 0.163 e. The Hall–Kier alpha value is -2.90. The molecule has 0 spiro atoms. The van der Waals surface area contributed by atoms with Crippen LogP contribution in [0.5, 0.6) is 11.5 Å². The van der Waals surface area contributed by atoms with Crippen molar-refractivity contribution in [1.82, 2.24) is 9.97 Å². The molecule has 2 aromatic rings. The van der Waals surface area contributed by atoms with E-state index in [1.165, 1.54) is 6.33 Å². The van der Waals surface area contributed by atoms with Gasteiger partial charge in [-0.3, -0.25) is 0 Å². The lowest BCUT2D eigenvalue weighted by atomic mass is 10.2. The van der Waals surface area contributed by atoms with Gasteiger partial charge in [0.1, 0.15) is 25.4 Å². The first-order valence-electron chi connectivity index (χ1n) is 10.4. The number of ether oxygens (including phenoxy) is 4. The first-order chi connectivity index (χ1) is 15.1. The van der Waals surface area contributed by atoms with Gasteiger partial charge in [-0.25, -0.2) is 9.97 Å². The van der Waals surface area contributed by atoms with E-state index in [2.05, 4.69) is 21.9 Å². The number of methoxy groups -OCH3 is 2. The van der Waals surface area contributed by atoms with E-state index < -0.39 is 0 Å². The van der Waals surface area contributed by atoms with Crippen molar-refractivity contribution in [2.75, 3.05) is 46.0 Å². The molecule has 1 heterocycles. The molecule has 0 fully saturated rings. The lowest BCUT2D eigenvalue weighted by molar-refractivity contribution is 0.132. The van der Waals surface area contributed by atoms with E-state index in [1.807, 2.05) is 52.0 Å². The summed E-state index contributed by atoms with van der Waals surface area (Å²) in [5, 5.41) is 4.12. The Bertz CT molecular complexity index is 878. The zero-order valence-corrected chi connectivity index (χ0v) is 19.5. The predicted molar refractivity (Wildman–Crippen MR) is 127 cm³/mol. The van der Waals surface area contributed by atoms with E-state index in [4.69, 9.17) is 18.9 Å². The van der Waals surface area contributed by atoms with Gasteiger partial charge >= 0.3 is 0 Å². The lowest BCUT2D eigenvalue weighted by Gasteiger charge is -2.15. The number of hydrogen-bond acceptors (Lipinski definition) is 7. The summed E-state index contributed by atoms with van der Waals surface area (Å²) in [6.07, 6.45) is 7.28. The van der Waals surface area contributed by atoms with Crippen molar-refractivity contribution in [2.24, 2.45) is 0 Å². The molecule has 1 N–H and O–H groups in total. The van der Waals surface area contributed by atoms with Crippen LogP contribution in [0.15, 0.2) is 54.5 Å². The van der Waals surface area contributed by atoms with Crippen LogP contribution in [0.3, 0.4) is 0 Å². The third-order valence-corrected chi connectivity index (χ3v) is 4.11. The van der Waals surface area contributed by atoms with Crippen molar-refractivity contribution in [3.05, 3.63) is 54.5 Å². The van der Waals surface area contributed by atoms with Gasteiger partial charge in [-0.05, 0) is 32.1 Å². The third-order valence-electron chi connectivity index (χ3n) is 4.11. The molecule has 0 aliphatic heterocycles. The van der Waals surface area contributed by atoms with Crippen LogP contribution in [0.2, 0.25) is 0 Å². The van der Waals surface area contributed by atoms with Gasteiger partial charge < -0.3 is 24.3 Å². The zero-order valence-electron chi connectivity index (χ0n) is 19.5. The lowest BCUT2D eigenvalue weighted by Crippen LogP contribution is -2.09. The summed E-state index contributed by atoms with van der Waals surface area (Å²) in [6, 6.07) is 3.72. The number of anilines is 1. The number of nitrogens with one attached hydrogen (secondary N) is 1. The van der Waals surface area contributed by atoms with Crippen LogP contribution >= 0.6 is 0 Å². The molecule has 1 aromatic carbocycles. The SMILES string of the molecule is C=C/C(=C\C(C)=C/C)Nc1ncnc2cc(OCCOC)c(OCCOC)cc12.CC. The Labute approximate surface area is 185 Å². The molecule has 0 aliphatic rings. The summed E-state index contributed by atoms with van der Waals surface area (Å²) < 4.78 is 21.8. The van der Waals surface area contributed by atoms with E-state index in [9.17, 15) is 0 Å². The molecule has 0 atom stereocenters. The van der Waals surface area contributed by atoms with E-state index in [0.717, 1.165) is 22.2 Å². The Balaban J connectivity index is 0.00000233. The van der Waals surface area contributed by atoms with E-state index in [-0.39, 0.29) is 0 Å². The van der Waals surface area contributed by atoms with Crippen molar-refractivity contribution in [1.29, 1.82) is 0 Å². The van der Waals surface area contributed by atoms with Crippen LogP contribution in [0.4, 0.5) is 5.82 Å². The molecular formula is C24H35N3O4. The normalized spacial score (nSPS) is 11.5. The number of allylic oxidation sites excluding steroid dienone is 4. The third kappa shape index (κ3) is 8.39. The minimum Gasteiger partial charge on any atom is -0.487 e. The van der Waals surface area contributed by atoms with Crippen LogP contribution in [0.1, 0.15) is 27.7 Å². The molecule has 7 heteroatoms. The van der Waals surface area contributed by atoms with E-state index in [0.29, 0.717) is 43.7 Å². The zero-order chi connectivity index (χ0) is 23.1. The Kier molecular flexibility index (Phi) is 12.6. The number of benzene rings is 1. The fourth-order valence-electron chi connectivity index (χ4n) is 2.47. The molecule has 31 heavy (non-hydrogen) atoms. The first kappa shape index (κ1) is 26.1. The van der Waals surface area contributed by atoms with Crippen molar-refractivity contribution in [2.45, 2.75) is 27.7 Å². The molecule has 170 valence electrons. The van der Waals surface area contributed by atoms with Crippen LogP contribution in [0.25, 0.3) is 10.9 Å². The smallest absolute Gasteiger partial charge is 0.163 e. The second-order valence-electron chi connectivity index (χ2n) is 6.18. The molecule has 1 aromatic heterocycles. The van der Waals surface area contributed by atoms with Gasteiger partial charge in [-0.15, -0.1) is 0 Å². The molecule has 0 unspecified atom stereocenters. The minimum absolute atomic E-state index is 0.400. The van der Waals surface area contributed by atoms with Gasteiger partial charge in [-0.1, -0.05) is 32.1 Å². The van der Waals surface area contributed by atoms with Gasteiger partial charge in [0.2, 0.25) is 0 Å². The fourth-order valence-corrected chi connectivity index (χ4v) is 2.47. The second-order valence-corrected chi connectivity index (χ2v) is 6.18. The highest BCUT2D eigenvalue weighted by Gasteiger charge is 2.13. The largest absolute Gasteiger partial charge is 0.487 e. The Morgan fingerprint density at radius 3 is 2.16 bits per heavy atom. The van der Waals surface area contributed by atoms with Crippen molar-refractivity contribution in [3.8, 4) is 11.5 Å². The summed E-state index contributed by atoms with van der Waals surface area (Å²) in [5.74, 6) is 1.85. The number of nitrogens with zero attached hydrogens (tertiary/aromatic N) is 2. The highest BCUT2D eigenvalue weighted by molar-refractivity contribution is 5.92. The maximum atomic E-state index is 5.87. The van der Waals surface area contributed by atoms with Gasteiger partial charge in [0.25, 0.3) is 0 Å². The summed E-state index contributed by atoms with van der Waals surface area (Å²) in [7, 11) is 3.26. The number of aromatic nitrogens is 2. The Morgan fingerprint density at radius 2 is 1.61 bits per heavy atom. The number of fused-ring (bicyclic) bond motifs is 1. The summed E-state index contributed by atoms with van der Waals surface area (Å²) >= 11 is 0. The fraction of sp³-hybridized carbons (Fsp3) is 0.417. The number of hydrogen-bond donors (Lipinski definition) is 1. The van der Waals surface area contributed by atoms with Gasteiger partial charge in [-0.2, -0.15) is 0 Å². The van der Waals surface area contributed by atoms with E-state index in [1.54, 1.807) is 20.3 Å². The van der Waals surface area contributed by atoms with Gasteiger partial charge in [0, 0.05) is 31.4 Å². The first-order valence-corrected chi connectivity index (χ1v) is 10.4. The minimum atomic E-state index is 0.400. The highest BCUT2D eigenvalue weighted by Crippen LogP contribution is 2.34. The average molecular weight is 430 g/mol. The molecule has 0 bridgehead atoms. The van der Waals surface area contributed by atoms with Crippen molar-refractivity contribution >= 4 is 16.7 Å². The van der Waals surface area contributed by atoms with Crippen LogP contribution in [0, 0.1) is 0 Å². The van der Waals surface area contributed by atoms with Gasteiger partial charge in [0.05, 0.1) is 18.7 Å². The van der Waals surface area contributed by atoms with Gasteiger partial charge in [0.15, 0.2) is 11.5 Å². The van der Waals surface area contributed by atoms with Crippen molar-refractivity contribution in [3.63, 3.8) is 0 Å². The van der Waals surface area contributed by atoms with Crippen LogP contribution < -0.4 is 14.8 Å². The van der Waals surface area contributed by atoms with E-state index >= 15 is 0 Å². The van der Waals surface area contributed by atoms with Crippen molar-refractivity contribution < 1.29 is 18.9 Å². The summed E-state index contributed by atoms with van der Waals surface area (Å²) in [6.45, 7) is 13.6. The quantitative estimate of drug-likeness (QED) is 0.369. The van der Waals surface area contributed by atoms with Crippen LogP contribution in [-0.2, 0) is 9.47 Å². The highest BCUT2D eigenvalue weighted by atomic mass is 16.5. The monoisotopic (exact) mass is 429 g/mol. The predicted octanol–water partition coefficient (Wildman–Crippen LogP) is 5.15. The topological polar surface area (TPSA) is 74.7 Å². The molecular weight excluding hydrogens is 394 g/mol. The molecule has 0 saturated heterocycles. The molecule has 0 aliphatic carbocycles. The summed E-state index contributed by atoms with van der Waals surface area (Å²) in [5.41, 5.74) is 2.69. The molecule has 0 radical (unpaired) electrons. The average Bonchev–Trinajstić information content (AvgIpc) is 2.80. The molecule has 7 nitrogen and oxygen atoms in total.